The Labute approximate surface area is 260 Å². The number of benzene rings is 4. The van der Waals surface area contributed by atoms with Crippen LogP contribution in [0.3, 0.4) is 0 Å². The number of hydrogen-bond acceptors (Lipinski definition) is 4. The first kappa shape index (κ1) is 32.0. The first-order valence-corrected chi connectivity index (χ1v) is 15.7. The number of nitrogens with one attached hydrogen (secondary N) is 1. The Kier molecular flexibility index (Phi) is 10.8. The van der Waals surface area contributed by atoms with E-state index in [0.29, 0.717) is 17.1 Å². The van der Waals surface area contributed by atoms with Crippen molar-refractivity contribution in [3.63, 3.8) is 0 Å². The summed E-state index contributed by atoms with van der Waals surface area (Å²) in [6.45, 7) is 1.37. The quantitative estimate of drug-likeness (QED) is 0.202. The van der Waals surface area contributed by atoms with Gasteiger partial charge in [0.2, 0.25) is 11.8 Å². The van der Waals surface area contributed by atoms with Crippen LogP contribution in [0.25, 0.3) is 0 Å². The standard InChI is InChI=1S/C32H30Cl2FN3O4S/c1-2-36-32(40)30(20-23-9-5-3-6-10-23)37(21-24-13-18-28(33)29(34)19-24)31(39)22-38(26-16-14-25(35)15-17-26)43(41,42)27-11-7-4-8-12-27/h3-19,30H,2,20-22H2,1H3,(H,36,40)/t30-/m1/s1. The highest BCUT2D eigenvalue weighted by molar-refractivity contribution is 7.92. The van der Waals surface area contributed by atoms with Gasteiger partial charge in [0.15, 0.2) is 0 Å². The molecule has 0 heterocycles. The lowest BCUT2D eigenvalue weighted by Gasteiger charge is -2.34. The first-order chi connectivity index (χ1) is 20.6. The van der Waals surface area contributed by atoms with Crippen LogP contribution in [0.4, 0.5) is 10.1 Å². The number of carbonyl (C=O) groups is 2. The molecule has 0 aliphatic carbocycles. The molecule has 11 heteroatoms. The number of anilines is 1. The largest absolute Gasteiger partial charge is 0.355 e. The molecule has 0 saturated heterocycles. The molecule has 0 aromatic heterocycles. The lowest BCUT2D eigenvalue weighted by molar-refractivity contribution is -0.140. The Morgan fingerprint density at radius 2 is 1.47 bits per heavy atom. The van der Waals surface area contributed by atoms with Crippen LogP contribution in [0.5, 0.6) is 0 Å². The fourth-order valence-corrected chi connectivity index (χ4v) is 6.29. The molecule has 0 spiro atoms. The molecule has 4 rings (SSSR count). The zero-order valence-electron chi connectivity index (χ0n) is 23.3. The summed E-state index contributed by atoms with van der Waals surface area (Å²) in [5.41, 5.74) is 1.48. The van der Waals surface area contributed by atoms with E-state index in [1.54, 1.807) is 43.3 Å². The van der Waals surface area contributed by atoms with Gasteiger partial charge in [0.25, 0.3) is 10.0 Å². The maximum absolute atomic E-state index is 14.3. The zero-order valence-corrected chi connectivity index (χ0v) is 25.6. The van der Waals surface area contributed by atoms with Crippen molar-refractivity contribution in [3.8, 4) is 0 Å². The number of sulfonamides is 1. The molecule has 0 bridgehead atoms. The van der Waals surface area contributed by atoms with Gasteiger partial charge in [-0.05, 0) is 66.6 Å². The Hall–Kier alpha value is -3.92. The van der Waals surface area contributed by atoms with Crippen molar-refractivity contribution >= 4 is 50.7 Å². The van der Waals surface area contributed by atoms with Crippen molar-refractivity contribution in [2.45, 2.75) is 30.8 Å². The number of likely N-dealkylation sites (N-methyl/N-ethyl adjacent to an activating group) is 1. The third-order valence-corrected chi connectivity index (χ3v) is 9.21. The number of rotatable bonds is 12. The van der Waals surface area contributed by atoms with Crippen molar-refractivity contribution in [2.75, 3.05) is 17.4 Å². The minimum absolute atomic E-state index is 0.0484. The van der Waals surface area contributed by atoms with Crippen molar-refractivity contribution in [3.05, 3.63) is 130 Å². The lowest BCUT2D eigenvalue weighted by Crippen LogP contribution is -2.53. The average Bonchev–Trinajstić information content (AvgIpc) is 3.01. The van der Waals surface area contributed by atoms with E-state index in [0.717, 1.165) is 22.0 Å². The van der Waals surface area contributed by atoms with E-state index in [1.807, 2.05) is 30.3 Å². The molecule has 0 saturated carbocycles. The maximum Gasteiger partial charge on any atom is 0.264 e. The van der Waals surface area contributed by atoms with Gasteiger partial charge >= 0.3 is 0 Å². The summed E-state index contributed by atoms with van der Waals surface area (Å²) in [6, 6.07) is 25.5. The molecular formula is C32H30Cl2FN3O4S. The van der Waals surface area contributed by atoms with E-state index >= 15 is 0 Å². The van der Waals surface area contributed by atoms with E-state index in [4.69, 9.17) is 23.2 Å². The number of halogens is 3. The molecule has 224 valence electrons. The molecule has 43 heavy (non-hydrogen) atoms. The summed E-state index contributed by atoms with van der Waals surface area (Å²) in [6.07, 6.45) is 0.168. The minimum atomic E-state index is -4.27. The maximum atomic E-state index is 14.3. The predicted octanol–water partition coefficient (Wildman–Crippen LogP) is 6.10. The van der Waals surface area contributed by atoms with Gasteiger partial charge in [0.1, 0.15) is 18.4 Å². The van der Waals surface area contributed by atoms with Crippen LogP contribution in [0, 0.1) is 5.82 Å². The molecule has 1 atom stereocenters. The molecule has 2 amide bonds. The van der Waals surface area contributed by atoms with Gasteiger partial charge in [0.05, 0.1) is 20.6 Å². The Bertz CT molecular complexity index is 1660. The highest BCUT2D eigenvalue weighted by Gasteiger charge is 2.34. The second kappa shape index (κ2) is 14.5. The summed E-state index contributed by atoms with van der Waals surface area (Å²) in [7, 11) is -4.27. The van der Waals surface area contributed by atoms with Gasteiger partial charge < -0.3 is 10.2 Å². The topological polar surface area (TPSA) is 86.8 Å². The van der Waals surface area contributed by atoms with E-state index in [1.165, 1.54) is 29.2 Å². The van der Waals surface area contributed by atoms with Crippen LogP contribution in [-0.4, -0.2) is 44.3 Å². The molecule has 1 N–H and O–H groups in total. The van der Waals surface area contributed by atoms with Gasteiger partial charge in [-0.25, -0.2) is 12.8 Å². The predicted molar refractivity (Wildman–Crippen MR) is 167 cm³/mol. The number of hydrogen-bond donors (Lipinski definition) is 1. The van der Waals surface area contributed by atoms with Gasteiger partial charge in [-0.1, -0.05) is 77.8 Å². The molecule has 0 aliphatic heterocycles. The molecule has 4 aromatic carbocycles. The van der Waals surface area contributed by atoms with Crippen molar-refractivity contribution in [1.82, 2.24) is 10.2 Å². The summed E-state index contributed by atoms with van der Waals surface area (Å²) >= 11 is 12.4. The second-order valence-corrected chi connectivity index (χ2v) is 12.3. The van der Waals surface area contributed by atoms with E-state index in [9.17, 15) is 22.4 Å². The molecule has 4 aromatic rings. The van der Waals surface area contributed by atoms with E-state index in [2.05, 4.69) is 5.32 Å². The Balaban J connectivity index is 1.80. The third kappa shape index (κ3) is 8.13. The van der Waals surface area contributed by atoms with Crippen LogP contribution >= 0.6 is 23.2 Å². The van der Waals surface area contributed by atoms with Crippen molar-refractivity contribution < 1.29 is 22.4 Å². The fraction of sp³-hybridized carbons (Fsp3) is 0.188. The monoisotopic (exact) mass is 641 g/mol. The Morgan fingerprint density at radius 3 is 2.07 bits per heavy atom. The number of amides is 2. The number of nitrogens with zero attached hydrogens (tertiary/aromatic N) is 2. The van der Waals surface area contributed by atoms with Gasteiger partial charge in [-0.15, -0.1) is 0 Å². The van der Waals surface area contributed by atoms with Gasteiger partial charge in [-0.3, -0.25) is 13.9 Å². The van der Waals surface area contributed by atoms with E-state index in [-0.39, 0.29) is 28.6 Å². The lowest BCUT2D eigenvalue weighted by atomic mass is 10.0. The average molecular weight is 643 g/mol. The van der Waals surface area contributed by atoms with Gasteiger partial charge in [0, 0.05) is 19.5 Å². The molecule has 0 fully saturated rings. The van der Waals surface area contributed by atoms with Crippen LogP contribution in [0.2, 0.25) is 10.0 Å². The zero-order chi connectivity index (χ0) is 31.0. The summed E-state index contributed by atoms with van der Waals surface area (Å²) in [5, 5.41) is 3.39. The summed E-state index contributed by atoms with van der Waals surface area (Å²) in [5.74, 6) is -1.62. The molecular weight excluding hydrogens is 612 g/mol. The first-order valence-electron chi connectivity index (χ1n) is 13.5. The molecule has 0 aliphatic rings. The smallest absolute Gasteiger partial charge is 0.264 e. The molecule has 0 unspecified atom stereocenters. The van der Waals surface area contributed by atoms with Crippen LogP contribution in [-0.2, 0) is 32.6 Å². The summed E-state index contributed by atoms with van der Waals surface area (Å²) < 4.78 is 42.5. The van der Waals surface area contributed by atoms with Crippen LogP contribution < -0.4 is 9.62 Å². The van der Waals surface area contributed by atoms with Crippen molar-refractivity contribution in [2.24, 2.45) is 0 Å². The number of carbonyl (C=O) groups excluding carboxylic acids is 2. The third-order valence-electron chi connectivity index (χ3n) is 6.68. The highest BCUT2D eigenvalue weighted by Crippen LogP contribution is 2.27. The highest BCUT2D eigenvalue weighted by atomic mass is 35.5. The molecule has 7 nitrogen and oxygen atoms in total. The molecule has 0 radical (unpaired) electrons. The SMILES string of the molecule is CCNC(=O)[C@@H](Cc1ccccc1)N(Cc1ccc(Cl)c(Cl)c1)C(=O)CN(c1ccc(F)cc1)S(=O)(=O)c1ccccc1. The fourth-order valence-electron chi connectivity index (χ4n) is 4.54. The van der Waals surface area contributed by atoms with Crippen molar-refractivity contribution in [1.29, 1.82) is 0 Å². The second-order valence-electron chi connectivity index (χ2n) is 9.67. The van der Waals surface area contributed by atoms with Crippen LogP contribution in [0.1, 0.15) is 18.1 Å². The van der Waals surface area contributed by atoms with Crippen LogP contribution in [0.15, 0.2) is 108 Å². The Morgan fingerprint density at radius 1 is 0.837 bits per heavy atom. The minimum Gasteiger partial charge on any atom is -0.355 e. The van der Waals surface area contributed by atoms with Gasteiger partial charge in [-0.2, -0.15) is 0 Å². The normalized spacial score (nSPS) is 11.9. The van der Waals surface area contributed by atoms with E-state index < -0.39 is 40.2 Å². The summed E-state index contributed by atoms with van der Waals surface area (Å²) in [4.78, 5) is 29.1.